The van der Waals surface area contributed by atoms with E-state index in [0.717, 1.165) is 0 Å². The van der Waals surface area contributed by atoms with Gasteiger partial charge in [0.15, 0.2) is 0 Å². The molecule has 1 aromatic carbocycles. The number of furan rings is 1. The maximum Gasteiger partial charge on any atom is 0.341 e. The lowest BCUT2D eigenvalue weighted by Crippen LogP contribution is -2.21. The minimum Gasteiger partial charge on any atom is -0.465 e. The molecule has 0 atom stereocenters. The summed E-state index contributed by atoms with van der Waals surface area (Å²) in [6.07, 6.45) is 1.28. The van der Waals surface area contributed by atoms with Crippen molar-refractivity contribution in [2.75, 3.05) is 7.11 Å². The van der Waals surface area contributed by atoms with E-state index in [1.807, 2.05) is 0 Å². The van der Waals surface area contributed by atoms with Crippen LogP contribution in [0.1, 0.15) is 21.9 Å². The molecule has 3 rings (SSSR count). The highest BCUT2D eigenvalue weighted by atomic mass is 16.6. The highest BCUT2D eigenvalue weighted by Crippen LogP contribution is 2.18. The lowest BCUT2D eigenvalue weighted by atomic mass is 10.2. The van der Waals surface area contributed by atoms with E-state index in [1.165, 1.54) is 42.3 Å². The number of rotatable bonds is 4. The quantitative estimate of drug-likeness (QED) is 0.404. The van der Waals surface area contributed by atoms with Gasteiger partial charge in [-0.1, -0.05) is 0 Å². The van der Waals surface area contributed by atoms with Gasteiger partial charge in [-0.15, -0.1) is 0 Å². The number of hydrogen-bond acceptors (Lipinski definition) is 7. The van der Waals surface area contributed by atoms with Crippen LogP contribution in [0.3, 0.4) is 0 Å². The zero-order valence-corrected chi connectivity index (χ0v) is 13.4. The van der Waals surface area contributed by atoms with Gasteiger partial charge < -0.3 is 9.15 Å². The lowest BCUT2D eigenvalue weighted by Gasteiger charge is -2.04. The zero-order chi connectivity index (χ0) is 18.1. The van der Waals surface area contributed by atoms with E-state index in [1.54, 1.807) is 6.92 Å². The molecular formula is C16H13N3O6. The molecule has 0 bridgehead atoms. The topological polar surface area (TPSA) is 117 Å². The van der Waals surface area contributed by atoms with Gasteiger partial charge >= 0.3 is 5.97 Å². The molecule has 0 amide bonds. The van der Waals surface area contributed by atoms with E-state index >= 15 is 0 Å². The van der Waals surface area contributed by atoms with E-state index < -0.39 is 10.9 Å². The highest BCUT2D eigenvalue weighted by molar-refractivity contribution is 5.90. The number of nitrogens with zero attached hydrogens (tertiary/aromatic N) is 3. The van der Waals surface area contributed by atoms with Crippen molar-refractivity contribution in [3.8, 4) is 0 Å². The number of benzene rings is 1. The Morgan fingerprint density at radius 2 is 2.16 bits per heavy atom. The Hall–Kier alpha value is -3.49. The van der Waals surface area contributed by atoms with Crippen LogP contribution in [-0.4, -0.2) is 27.6 Å². The summed E-state index contributed by atoms with van der Waals surface area (Å²) < 4.78 is 11.4. The molecule has 25 heavy (non-hydrogen) atoms. The van der Waals surface area contributed by atoms with Gasteiger partial charge in [0.2, 0.25) is 0 Å². The molecule has 0 saturated carbocycles. The second-order valence-corrected chi connectivity index (χ2v) is 5.31. The van der Waals surface area contributed by atoms with Gasteiger partial charge in [-0.3, -0.25) is 19.5 Å². The van der Waals surface area contributed by atoms with Crippen molar-refractivity contribution in [2.45, 2.75) is 13.5 Å². The fourth-order valence-corrected chi connectivity index (χ4v) is 2.48. The molecule has 0 unspecified atom stereocenters. The van der Waals surface area contributed by atoms with Crippen LogP contribution < -0.4 is 5.56 Å². The van der Waals surface area contributed by atoms with Gasteiger partial charge in [0.05, 0.1) is 35.8 Å². The van der Waals surface area contributed by atoms with Gasteiger partial charge in [0, 0.05) is 12.1 Å². The Balaban J connectivity index is 1.99. The molecule has 0 radical (unpaired) electrons. The number of nitro groups is 1. The molecule has 0 aliphatic rings. The summed E-state index contributed by atoms with van der Waals surface area (Å²) in [4.78, 5) is 38.5. The molecule has 128 valence electrons. The second kappa shape index (κ2) is 6.19. The maximum absolute atomic E-state index is 12.5. The Morgan fingerprint density at radius 3 is 2.84 bits per heavy atom. The van der Waals surface area contributed by atoms with Crippen LogP contribution in [0.25, 0.3) is 10.9 Å². The number of non-ortho nitro benzene ring substituents is 1. The van der Waals surface area contributed by atoms with Gasteiger partial charge in [0.25, 0.3) is 11.2 Å². The summed E-state index contributed by atoms with van der Waals surface area (Å²) in [5.74, 6) is 0.256. The molecule has 3 aromatic rings. The number of aromatic nitrogens is 2. The van der Waals surface area contributed by atoms with Crippen LogP contribution in [0, 0.1) is 17.0 Å². The molecular weight excluding hydrogens is 330 g/mol. The summed E-state index contributed by atoms with van der Waals surface area (Å²) in [5.41, 5.74) is 0.0198. The number of carbonyl (C=O) groups is 1. The van der Waals surface area contributed by atoms with Crippen LogP contribution in [0.15, 0.2) is 39.8 Å². The molecule has 0 fully saturated rings. The first kappa shape index (κ1) is 16.4. The normalized spacial score (nSPS) is 10.8. The third-order valence-corrected chi connectivity index (χ3v) is 3.72. The van der Waals surface area contributed by atoms with Crippen LogP contribution in [0.5, 0.6) is 0 Å². The SMILES string of the molecule is COC(=O)c1cc(Cn2cnc3cc([N+](=O)[O-])ccc3c2=O)oc1C. The van der Waals surface area contributed by atoms with Gasteiger partial charge in [-0.2, -0.15) is 0 Å². The Labute approximate surface area is 140 Å². The van der Waals surface area contributed by atoms with E-state index in [-0.39, 0.29) is 34.3 Å². The van der Waals surface area contributed by atoms with Gasteiger partial charge in [0.1, 0.15) is 17.1 Å². The molecule has 9 nitrogen and oxygen atoms in total. The summed E-state index contributed by atoms with van der Waals surface area (Å²) in [6, 6.07) is 5.37. The van der Waals surface area contributed by atoms with Crippen LogP contribution in [0.4, 0.5) is 5.69 Å². The van der Waals surface area contributed by atoms with Crippen molar-refractivity contribution >= 4 is 22.6 Å². The second-order valence-electron chi connectivity index (χ2n) is 5.31. The lowest BCUT2D eigenvalue weighted by molar-refractivity contribution is -0.384. The summed E-state index contributed by atoms with van der Waals surface area (Å²) in [7, 11) is 1.27. The Morgan fingerprint density at radius 1 is 1.40 bits per heavy atom. The fraction of sp³-hybridized carbons (Fsp3) is 0.188. The first-order valence-electron chi connectivity index (χ1n) is 7.22. The van der Waals surface area contributed by atoms with Crippen molar-refractivity contribution < 1.29 is 18.9 Å². The molecule has 2 heterocycles. The van der Waals surface area contributed by atoms with Crippen LogP contribution >= 0.6 is 0 Å². The Bertz CT molecular complexity index is 1050. The van der Waals surface area contributed by atoms with E-state index in [4.69, 9.17) is 4.42 Å². The number of nitro benzene ring substituents is 1. The largest absolute Gasteiger partial charge is 0.465 e. The number of carbonyl (C=O) groups excluding carboxylic acids is 1. The predicted octanol–water partition coefficient (Wildman–Crippen LogP) is 2.04. The molecule has 0 spiro atoms. The van der Waals surface area contributed by atoms with Crippen molar-refractivity contribution in [2.24, 2.45) is 0 Å². The standard InChI is InChI=1S/C16H13N3O6/c1-9-13(16(21)24-2)6-11(25-9)7-18-8-17-14-5-10(19(22)23)3-4-12(14)15(18)20/h3-6,8H,7H2,1-2H3. The van der Waals surface area contributed by atoms with Crippen molar-refractivity contribution in [1.29, 1.82) is 0 Å². The first-order chi connectivity index (χ1) is 11.9. The third kappa shape index (κ3) is 2.99. The number of aryl methyl sites for hydroxylation is 1. The minimum absolute atomic E-state index is 0.0661. The maximum atomic E-state index is 12.5. The molecule has 0 aliphatic heterocycles. The number of methoxy groups -OCH3 is 1. The fourth-order valence-electron chi connectivity index (χ4n) is 2.48. The van der Waals surface area contributed by atoms with E-state index in [0.29, 0.717) is 11.5 Å². The molecule has 0 saturated heterocycles. The average Bonchev–Trinajstić information content (AvgIpc) is 2.96. The van der Waals surface area contributed by atoms with E-state index in [2.05, 4.69) is 9.72 Å². The monoisotopic (exact) mass is 343 g/mol. The first-order valence-corrected chi connectivity index (χ1v) is 7.22. The molecule has 2 aromatic heterocycles. The molecule has 0 aliphatic carbocycles. The highest BCUT2D eigenvalue weighted by Gasteiger charge is 2.16. The average molecular weight is 343 g/mol. The Kier molecular flexibility index (Phi) is 4.05. The third-order valence-electron chi connectivity index (χ3n) is 3.72. The number of fused-ring (bicyclic) bond motifs is 1. The number of esters is 1. The summed E-state index contributed by atoms with van der Waals surface area (Å²) in [5, 5.41) is 11.1. The zero-order valence-electron chi connectivity index (χ0n) is 13.4. The van der Waals surface area contributed by atoms with Crippen molar-refractivity contribution in [3.05, 3.63) is 68.1 Å². The van der Waals surface area contributed by atoms with Crippen LogP contribution in [0.2, 0.25) is 0 Å². The smallest absolute Gasteiger partial charge is 0.341 e. The molecule has 0 N–H and O–H groups in total. The number of ether oxygens (including phenoxy) is 1. The summed E-state index contributed by atoms with van der Waals surface area (Å²) >= 11 is 0. The number of hydrogen-bond donors (Lipinski definition) is 0. The van der Waals surface area contributed by atoms with Crippen molar-refractivity contribution in [1.82, 2.24) is 9.55 Å². The van der Waals surface area contributed by atoms with Gasteiger partial charge in [-0.05, 0) is 19.1 Å². The van der Waals surface area contributed by atoms with E-state index in [9.17, 15) is 19.7 Å². The minimum atomic E-state index is -0.549. The van der Waals surface area contributed by atoms with Crippen LogP contribution in [-0.2, 0) is 11.3 Å². The molecule has 9 heteroatoms. The van der Waals surface area contributed by atoms with Crippen molar-refractivity contribution in [3.63, 3.8) is 0 Å². The predicted molar refractivity (Wildman–Crippen MR) is 86.5 cm³/mol. The van der Waals surface area contributed by atoms with Gasteiger partial charge in [-0.25, -0.2) is 9.78 Å². The summed E-state index contributed by atoms with van der Waals surface area (Å²) in [6.45, 7) is 1.69.